The van der Waals surface area contributed by atoms with E-state index in [-0.39, 0.29) is 27.7 Å². The first-order valence-corrected chi connectivity index (χ1v) is 7.45. The van der Waals surface area contributed by atoms with Crippen molar-refractivity contribution in [1.82, 2.24) is 4.90 Å². The van der Waals surface area contributed by atoms with E-state index in [2.05, 4.69) is 0 Å². The van der Waals surface area contributed by atoms with Crippen LogP contribution in [0.5, 0.6) is 0 Å². The summed E-state index contributed by atoms with van der Waals surface area (Å²) in [6, 6.07) is 5.43. The zero-order chi connectivity index (χ0) is 17.3. The summed E-state index contributed by atoms with van der Waals surface area (Å²) >= 11 is 1.04. The summed E-state index contributed by atoms with van der Waals surface area (Å²) in [7, 11) is 3.22. The lowest BCUT2D eigenvalue weighted by molar-refractivity contribution is -0.384. The minimum absolute atomic E-state index is 0.163. The third-order valence-electron chi connectivity index (χ3n) is 3.32. The van der Waals surface area contributed by atoms with Crippen LogP contribution in [0.3, 0.4) is 0 Å². The van der Waals surface area contributed by atoms with Gasteiger partial charge in [0.05, 0.1) is 20.4 Å². The number of carbonyl (C=O) groups is 2. The van der Waals surface area contributed by atoms with Gasteiger partial charge in [-0.3, -0.25) is 19.7 Å². The lowest BCUT2D eigenvalue weighted by Crippen LogP contribution is -2.21. The van der Waals surface area contributed by atoms with Gasteiger partial charge in [-0.1, -0.05) is 12.1 Å². The first-order valence-electron chi connectivity index (χ1n) is 6.63. The number of amides is 1. The molecule has 2 aromatic rings. The lowest BCUT2D eigenvalue weighted by Gasteiger charge is -2.09. The fourth-order valence-corrected chi connectivity index (χ4v) is 3.22. The van der Waals surface area contributed by atoms with Crippen LogP contribution in [0, 0.1) is 17.0 Å². The van der Waals surface area contributed by atoms with Crippen LogP contribution in [0.15, 0.2) is 24.3 Å². The number of rotatable bonds is 4. The molecule has 0 atom stereocenters. The number of ketones is 1. The molecule has 0 spiro atoms. The molecule has 1 aromatic heterocycles. The Bertz CT molecular complexity index is 811. The van der Waals surface area contributed by atoms with Gasteiger partial charge in [-0.05, 0) is 12.5 Å². The molecule has 0 aliphatic heterocycles. The van der Waals surface area contributed by atoms with E-state index in [0.717, 1.165) is 11.3 Å². The number of thiophene rings is 1. The van der Waals surface area contributed by atoms with Gasteiger partial charge in [0.15, 0.2) is 5.78 Å². The zero-order valence-corrected chi connectivity index (χ0v) is 13.6. The van der Waals surface area contributed by atoms with Crippen LogP contribution in [0.4, 0.5) is 10.7 Å². The van der Waals surface area contributed by atoms with Crippen molar-refractivity contribution in [2.75, 3.05) is 19.8 Å². The average Bonchev–Trinajstić information content (AvgIpc) is 2.80. The van der Waals surface area contributed by atoms with Gasteiger partial charge < -0.3 is 10.6 Å². The highest BCUT2D eigenvalue weighted by Crippen LogP contribution is 2.33. The van der Waals surface area contributed by atoms with E-state index >= 15 is 0 Å². The molecule has 7 nitrogen and oxygen atoms in total. The molecule has 0 bridgehead atoms. The summed E-state index contributed by atoms with van der Waals surface area (Å²) in [6.07, 6.45) is 0. The normalized spacial score (nSPS) is 10.4. The van der Waals surface area contributed by atoms with Gasteiger partial charge in [0.25, 0.3) is 11.6 Å². The standard InChI is InChI=1S/C15H15N3O4S/c1-8-11(14(16)23-13(8)15(20)17(2)3)12(19)9-5-4-6-10(7-9)18(21)22/h4-7H,16H2,1-3H3. The number of carbonyl (C=O) groups excluding carboxylic acids is 2. The van der Waals surface area contributed by atoms with Gasteiger partial charge in [-0.25, -0.2) is 0 Å². The fraction of sp³-hybridized carbons (Fsp3) is 0.200. The first-order chi connectivity index (χ1) is 10.7. The number of benzene rings is 1. The number of hydrogen-bond acceptors (Lipinski definition) is 6. The Morgan fingerprint density at radius 3 is 2.52 bits per heavy atom. The Labute approximate surface area is 136 Å². The monoisotopic (exact) mass is 333 g/mol. The van der Waals surface area contributed by atoms with Crippen molar-refractivity contribution in [1.29, 1.82) is 0 Å². The number of nitrogens with two attached hydrogens (primary N) is 1. The van der Waals surface area contributed by atoms with Crippen molar-refractivity contribution in [3.05, 3.63) is 55.9 Å². The molecular formula is C15H15N3O4S. The van der Waals surface area contributed by atoms with E-state index in [1.165, 1.54) is 29.2 Å². The minimum atomic E-state index is -0.568. The molecule has 0 unspecified atom stereocenters. The van der Waals surface area contributed by atoms with Gasteiger partial charge in [-0.15, -0.1) is 11.3 Å². The molecular weight excluding hydrogens is 318 g/mol. The number of nitro groups is 1. The Balaban J connectivity index is 2.50. The predicted molar refractivity (Wildman–Crippen MR) is 88.0 cm³/mol. The Morgan fingerprint density at radius 2 is 1.96 bits per heavy atom. The second-order valence-corrected chi connectivity index (χ2v) is 6.18. The largest absolute Gasteiger partial charge is 0.390 e. The number of nitrogen functional groups attached to an aromatic ring is 1. The van der Waals surface area contributed by atoms with Crippen LogP contribution in [0.25, 0.3) is 0 Å². The summed E-state index contributed by atoms with van der Waals surface area (Å²) in [4.78, 5) is 36.8. The molecule has 0 saturated carbocycles. The van der Waals surface area contributed by atoms with Gasteiger partial charge >= 0.3 is 0 Å². The molecule has 0 aliphatic carbocycles. The smallest absolute Gasteiger partial charge is 0.270 e. The number of nitro benzene ring substituents is 1. The molecule has 0 saturated heterocycles. The van der Waals surface area contributed by atoms with E-state index < -0.39 is 10.7 Å². The van der Waals surface area contributed by atoms with Gasteiger partial charge in [0, 0.05) is 31.8 Å². The van der Waals surface area contributed by atoms with Crippen LogP contribution >= 0.6 is 11.3 Å². The van der Waals surface area contributed by atoms with E-state index in [1.807, 2.05) is 0 Å². The minimum Gasteiger partial charge on any atom is -0.390 e. The molecule has 1 aromatic carbocycles. The third-order valence-corrected chi connectivity index (χ3v) is 4.43. The molecule has 1 amide bonds. The molecule has 0 radical (unpaired) electrons. The van der Waals surface area contributed by atoms with Crippen LogP contribution in [0.2, 0.25) is 0 Å². The van der Waals surface area contributed by atoms with Crippen LogP contribution in [-0.2, 0) is 0 Å². The summed E-state index contributed by atoms with van der Waals surface area (Å²) < 4.78 is 0. The summed E-state index contributed by atoms with van der Waals surface area (Å²) in [5.41, 5.74) is 6.61. The summed E-state index contributed by atoms with van der Waals surface area (Å²) in [5.74, 6) is -0.671. The van der Waals surface area contributed by atoms with Crippen molar-refractivity contribution < 1.29 is 14.5 Å². The van der Waals surface area contributed by atoms with Gasteiger partial charge in [-0.2, -0.15) is 0 Å². The van der Waals surface area contributed by atoms with Crippen molar-refractivity contribution >= 4 is 33.7 Å². The average molecular weight is 333 g/mol. The molecule has 2 rings (SSSR count). The number of non-ortho nitro benzene ring substituents is 1. The SMILES string of the molecule is Cc1c(C(=O)N(C)C)sc(N)c1C(=O)c1cccc([N+](=O)[O-])c1. The van der Waals surface area contributed by atoms with Crippen LogP contribution < -0.4 is 5.73 Å². The highest BCUT2D eigenvalue weighted by Gasteiger charge is 2.25. The van der Waals surface area contributed by atoms with Crippen LogP contribution in [0.1, 0.15) is 31.2 Å². The topological polar surface area (TPSA) is 107 Å². The second-order valence-electron chi connectivity index (χ2n) is 5.13. The zero-order valence-electron chi connectivity index (χ0n) is 12.8. The van der Waals surface area contributed by atoms with Crippen LogP contribution in [-0.4, -0.2) is 35.6 Å². The molecule has 120 valence electrons. The number of hydrogen-bond donors (Lipinski definition) is 1. The predicted octanol–water partition coefficient (Wildman–Crippen LogP) is 2.48. The fourth-order valence-electron chi connectivity index (χ4n) is 2.13. The number of nitrogens with zero attached hydrogens (tertiary/aromatic N) is 2. The molecule has 2 N–H and O–H groups in total. The van der Waals surface area contributed by atoms with Gasteiger partial charge in [0.2, 0.25) is 0 Å². The molecule has 23 heavy (non-hydrogen) atoms. The molecule has 8 heteroatoms. The van der Waals surface area contributed by atoms with Crippen molar-refractivity contribution in [3.63, 3.8) is 0 Å². The van der Waals surface area contributed by atoms with E-state index in [0.29, 0.717) is 10.4 Å². The maximum atomic E-state index is 12.6. The van der Waals surface area contributed by atoms with E-state index in [9.17, 15) is 19.7 Å². The van der Waals surface area contributed by atoms with E-state index in [1.54, 1.807) is 21.0 Å². The van der Waals surface area contributed by atoms with Gasteiger partial charge in [0.1, 0.15) is 0 Å². The second kappa shape index (κ2) is 6.17. The maximum Gasteiger partial charge on any atom is 0.270 e. The summed E-state index contributed by atoms with van der Waals surface area (Å²) in [5, 5.41) is 11.1. The highest BCUT2D eigenvalue weighted by molar-refractivity contribution is 7.18. The maximum absolute atomic E-state index is 12.6. The molecule has 0 fully saturated rings. The van der Waals surface area contributed by atoms with E-state index in [4.69, 9.17) is 5.73 Å². The molecule has 1 heterocycles. The Hall–Kier alpha value is -2.74. The summed E-state index contributed by atoms with van der Waals surface area (Å²) in [6.45, 7) is 1.65. The highest BCUT2D eigenvalue weighted by atomic mass is 32.1. The van der Waals surface area contributed by atoms with Crippen molar-refractivity contribution in [3.8, 4) is 0 Å². The quantitative estimate of drug-likeness (QED) is 0.525. The van der Waals surface area contributed by atoms with Crippen molar-refractivity contribution in [2.45, 2.75) is 6.92 Å². The third kappa shape index (κ3) is 3.07. The lowest BCUT2D eigenvalue weighted by atomic mass is 10.0. The number of anilines is 1. The molecule has 0 aliphatic rings. The Morgan fingerprint density at radius 1 is 1.30 bits per heavy atom. The Kier molecular flexibility index (Phi) is 4.46. The van der Waals surface area contributed by atoms with Crippen molar-refractivity contribution in [2.24, 2.45) is 0 Å². The first kappa shape index (κ1) is 16.6.